The first-order valence-corrected chi connectivity index (χ1v) is 21.4. The molecule has 3 aliphatic rings. The lowest BCUT2D eigenvalue weighted by atomic mass is 9.76. The van der Waals surface area contributed by atoms with Gasteiger partial charge in [0, 0.05) is 101 Å². The van der Waals surface area contributed by atoms with Gasteiger partial charge in [-0.1, -0.05) is 91.8 Å². The molecule has 0 unspecified atom stereocenters. The molecule has 3 aliphatic heterocycles. The number of aliphatic hydroxyl groups is 2. The molecule has 0 aromatic carbocycles. The number of cyclic esters (lactones) is 2. The number of ether oxygens (including phenoxy) is 8. The maximum atomic E-state index is 13.4. The number of rotatable bonds is 14. The minimum atomic E-state index is -1.12. The number of hydrogen-bond acceptors (Lipinski definition) is 12. The lowest BCUT2D eigenvalue weighted by Crippen LogP contribution is -2.59. The Morgan fingerprint density at radius 1 is 0.638 bits per heavy atom. The van der Waals surface area contributed by atoms with Crippen molar-refractivity contribution in [3.8, 4) is 0 Å². The molecule has 0 radical (unpaired) electrons. The highest BCUT2D eigenvalue weighted by molar-refractivity contribution is 5.83. The zero-order valence-electron chi connectivity index (χ0n) is 37.7. The number of esters is 2. The number of allylic oxidation sites excluding steroid dienone is 4. The zero-order valence-corrected chi connectivity index (χ0v) is 37.7. The Hall–Kier alpha value is -2.42. The maximum absolute atomic E-state index is 13.4. The van der Waals surface area contributed by atoms with E-state index in [2.05, 4.69) is 13.8 Å². The third kappa shape index (κ3) is 11.5. The van der Waals surface area contributed by atoms with E-state index in [0.29, 0.717) is 12.8 Å². The minimum absolute atomic E-state index is 0.117. The third-order valence-electron chi connectivity index (χ3n) is 13.7. The Bertz CT molecular complexity index is 1310. The number of carbonyl (C=O) groups is 2. The van der Waals surface area contributed by atoms with E-state index in [1.165, 1.54) is 12.2 Å². The van der Waals surface area contributed by atoms with Crippen LogP contribution in [0.25, 0.3) is 0 Å². The standard InChI is InChI=1S/C46H76O12/c1-15-35-33(9)57-45(53-13,25-37(35)51-11)31(7)41(49)29(5)43-27(3)21-17-19-24-40(48)56-44(28(4)22-18-20-23-39(47)55-43)30(6)42(50)32(8)46(54-14)26-38(52-12)36(16-2)34(10)58-46/h17-24,27-38,41-44,49-50H,15-16,25-26H2,1-14H3/b21-17+,22-18+,23-20+,24-19+/t27-,28-,29-,30-,31-,32-,33+,34+,35+,36+,37+,38+,41+,42+,43-,44-,45+,46+/m0/s1. The van der Waals surface area contributed by atoms with Gasteiger partial charge in [-0.05, 0) is 26.7 Å². The van der Waals surface area contributed by atoms with Crippen molar-refractivity contribution in [1.82, 2.24) is 0 Å². The molecule has 0 aromatic rings. The molecule has 0 bridgehead atoms. The van der Waals surface area contributed by atoms with Gasteiger partial charge >= 0.3 is 11.9 Å². The van der Waals surface area contributed by atoms with E-state index in [0.717, 1.165) is 12.8 Å². The van der Waals surface area contributed by atoms with Crippen molar-refractivity contribution < 1.29 is 57.7 Å². The molecule has 2 fully saturated rings. The van der Waals surface area contributed by atoms with Crippen molar-refractivity contribution in [2.24, 2.45) is 47.3 Å². The zero-order chi connectivity index (χ0) is 43.5. The lowest BCUT2D eigenvalue weighted by Gasteiger charge is -2.51. The monoisotopic (exact) mass is 821 g/mol. The normalized spacial score (nSPS) is 40.8. The first-order chi connectivity index (χ1) is 27.4. The van der Waals surface area contributed by atoms with Crippen LogP contribution in [0.5, 0.6) is 0 Å². The average molecular weight is 821 g/mol. The number of hydrogen-bond donors (Lipinski definition) is 2. The molecule has 2 saturated heterocycles. The fourth-order valence-corrected chi connectivity index (χ4v) is 9.82. The predicted octanol–water partition coefficient (Wildman–Crippen LogP) is 6.97. The first-order valence-electron chi connectivity index (χ1n) is 21.4. The summed E-state index contributed by atoms with van der Waals surface area (Å²) < 4.78 is 49.0. The Labute approximate surface area is 348 Å². The van der Waals surface area contributed by atoms with Crippen molar-refractivity contribution >= 4 is 11.9 Å². The van der Waals surface area contributed by atoms with Crippen LogP contribution in [0.15, 0.2) is 48.6 Å². The lowest BCUT2D eigenvalue weighted by molar-refractivity contribution is -0.333. The van der Waals surface area contributed by atoms with Gasteiger partial charge in [-0.15, -0.1) is 0 Å². The predicted molar refractivity (Wildman–Crippen MR) is 222 cm³/mol. The van der Waals surface area contributed by atoms with Crippen LogP contribution in [-0.4, -0.2) is 111 Å². The van der Waals surface area contributed by atoms with Gasteiger partial charge in [0.05, 0.1) is 36.6 Å². The van der Waals surface area contributed by atoms with Gasteiger partial charge in [-0.25, -0.2) is 9.59 Å². The molecular weight excluding hydrogens is 744 g/mol. The molecule has 0 amide bonds. The van der Waals surface area contributed by atoms with Crippen LogP contribution in [0.2, 0.25) is 0 Å². The summed E-state index contributed by atoms with van der Waals surface area (Å²) in [6, 6.07) is 0. The Balaban J connectivity index is 1.85. The van der Waals surface area contributed by atoms with Gasteiger partial charge in [0.25, 0.3) is 0 Å². The quantitative estimate of drug-likeness (QED) is 0.174. The molecule has 12 nitrogen and oxygen atoms in total. The van der Waals surface area contributed by atoms with E-state index >= 15 is 0 Å². The largest absolute Gasteiger partial charge is 0.458 e. The molecule has 0 saturated carbocycles. The van der Waals surface area contributed by atoms with E-state index in [1.807, 2.05) is 67.5 Å². The third-order valence-corrected chi connectivity index (χ3v) is 13.7. The van der Waals surface area contributed by atoms with Crippen LogP contribution >= 0.6 is 0 Å². The summed E-state index contributed by atoms with van der Waals surface area (Å²) in [6.45, 7) is 19.5. The summed E-state index contributed by atoms with van der Waals surface area (Å²) in [5.41, 5.74) is 0. The van der Waals surface area contributed by atoms with Gasteiger partial charge in [0.2, 0.25) is 0 Å². The topological polar surface area (TPSA) is 148 Å². The molecule has 58 heavy (non-hydrogen) atoms. The van der Waals surface area contributed by atoms with Gasteiger partial charge in [-0.2, -0.15) is 0 Å². The highest BCUT2D eigenvalue weighted by Crippen LogP contribution is 2.45. The average Bonchev–Trinajstić information content (AvgIpc) is 3.21. The smallest absolute Gasteiger partial charge is 0.331 e. The molecule has 332 valence electrons. The van der Waals surface area contributed by atoms with Crippen molar-refractivity contribution in [2.75, 3.05) is 28.4 Å². The van der Waals surface area contributed by atoms with E-state index in [4.69, 9.17) is 37.9 Å². The number of methoxy groups -OCH3 is 4. The van der Waals surface area contributed by atoms with E-state index in [9.17, 15) is 19.8 Å². The first kappa shape index (κ1) is 49.9. The van der Waals surface area contributed by atoms with Gasteiger partial charge < -0.3 is 48.1 Å². The summed E-state index contributed by atoms with van der Waals surface area (Å²) in [6.07, 6.45) is 11.5. The second kappa shape index (κ2) is 22.4. The van der Waals surface area contributed by atoms with E-state index in [-0.39, 0.29) is 48.1 Å². The summed E-state index contributed by atoms with van der Waals surface area (Å²) in [5, 5.41) is 23.8. The highest BCUT2D eigenvalue weighted by Gasteiger charge is 2.54. The van der Waals surface area contributed by atoms with Gasteiger partial charge in [0.15, 0.2) is 11.6 Å². The van der Waals surface area contributed by atoms with Crippen molar-refractivity contribution in [3.05, 3.63) is 48.6 Å². The van der Waals surface area contributed by atoms with Crippen LogP contribution in [0, 0.1) is 47.3 Å². The van der Waals surface area contributed by atoms with Crippen molar-refractivity contribution in [3.63, 3.8) is 0 Å². The van der Waals surface area contributed by atoms with Crippen molar-refractivity contribution in [1.29, 1.82) is 0 Å². The molecule has 12 heteroatoms. The molecule has 0 aliphatic carbocycles. The molecule has 3 heterocycles. The Morgan fingerprint density at radius 2 is 0.983 bits per heavy atom. The molecule has 3 rings (SSSR count). The molecular formula is C46H76O12. The number of carbonyl (C=O) groups excluding carboxylic acids is 2. The summed E-state index contributed by atoms with van der Waals surface area (Å²) in [5.74, 6) is -5.87. The summed E-state index contributed by atoms with van der Waals surface area (Å²) in [7, 11) is 6.55. The highest BCUT2D eigenvalue weighted by atomic mass is 16.7. The van der Waals surface area contributed by atoms with Crippen LogP contribution in [0.3, 0.4) is 0 Å². The summed E-state index contributed by atoms with van der Waals surface area (Å²) in [4.78, 5) is 26.7. The van der Waals surface area contributed by atoms with Crippen LogP contribution in [0.4, 0.5) is 0 Å². The maximum Gasteiger partial charge on any atom is 0.331 e. The molecule has 2 N–H and O–H groups in total. The molecule has 0 spiro atoms. The summed E-state index contributed by atoms with van der Waals surface area (Å²) >= 11 is 0. The van der Waals surface area contributed by atoms with Crippen LogP contribution in [-0.2, 0) is 47.5 Å². The fraction of sp³-hybridized carbons (Fsp3) is 0.783. The second-order valence-corrected chi connectivity index (χ2v) is 17.1. The molecule has 0 aromatic heterocycles. The van der Waals surface area contributed by atoms with Crippen LogP contribution in [0.1, 0.15) is 94.9 Å². The Kier molecular flexibility index (Phi) is 19.3. The SMILES string of the molecule is CC[C@@H]1[C@@H](C)O[C@@](OC)([C@@H](C)[C@H](O)[C@H](C)[C@H]2OC(=O)/C=C/C=C/[C@H](C)[C@@H]([C@@H](C)[C@@H](O)[C@H](C)[C@@]3(OC)C[C@@H](OC)[C@H](CC)[C@@H](C)O3)OC(=O)/C=C/C=C/[C@@H]2C)C[C@H]1OC. The van der Waals surface area contributed by atoms with Gasteiger partial charge in [-0.3, -0.25) is 0 Å². The van der Waals surface area contributed by atoms with Crippen LogP contribution < -0.4 is 0 Å². The Morgan fingerprint density at radius 3 is 1.28 bits per heavy atom. The number of aliphatic hydroxyl groups excluding tert-OH is 2. The van der Waals surface area contributed by atoms with E-state index < -0.39 is 71.6 Å². The fourth-order valence-electron chi connectivity index (χ4n) is 9.82. The van der Waals surface area contributed by atoms with Gasteiger partial charge in [0.1, 0.15) is 12.2 Å². The second-order valence-electron chi connectivity index (χ2n) is 17.1. The van der Waals surface area contributed by atoms with Crippen molar-refractivity contribution in [2.45, 2.75) is 155 Å². The molecule has 18 atom stereocenters. The van der Waals surface area contributed by atoms with E-state index in [1.54, 1.807) is 52.7 Å². The minimum Gasteiger partial charge on any atom is -0.458 e.